The minimum Gasteiger partial charge on any atom is -0.507 e. The maximum atomic E-state index is 12.0. The van der Waals surface area contributed by atoms with E-state index in [0.717, 1.165) is 80.5 Å². The van der Waals surface area contributed by atoms with E-state index in [1.54, 1.807) is 0 Å². The summed E-state index contributed by atoms with van der Waals surface area (Å²) in [5.74, 6) is 0.255. The number of hydrogen-bond donors (Lipinski definition) is 2. The van der Waals surface area contributed by atoms with Crippen LogP contribution in [0.4, 0.5) is 11.4 Å². The summed E-state index contributed by atoms with van der Waals surface area (Å²) in [6, 6.07) is 13.0. The van der Waals surface area contributed by atoms with Crippen LogP contribution in [0.25, 0.3) is 0 Å². The Morgan fingerprint density at radius 3 is 2.03 bits per heavy atom. The number of hydrogen-bond acceptors (Lipinski definition) is 4. The number of phenolic OH excluding ortho intramolecular Hbond substituents is 1. The van der Waals surface area contributed by atoms with Gasteiger partial charge in [-0.05, 0) is 116 Å². The molecule has 0 bridgehead atoms. The highest BCUT2D eigenvalue weighted by Crippen LogP contribution is 2.48. The fourth-order valence-electron chi connectivity index (χ4n) is 7.91. The molecule has 1 atom stereocenters. The van der Waals surface area contributed by atoms with Crippen molar-refractivity contribution in [1.82, 2.24) is 0 Å². The van der Waals surface area contributed by atoms with Crippen LogP contribution in [0.2, 0.25) is 5.02 Å². The standard InChI is InChI=1S/C34H39ClN2O2/c35-27-12-11-25(21-38)29(20-27)31(26-17-22-7-1-3-13-36-15-5-9-23(18-26)32(22)36)30-19-24-8-2-4-14-37-16-6-10-28(33(24)37)34(30)39/h11-12,17-20,31,38-39H,1-10,13-16,21H2. The predicted molar refractivity (Wildman–Crippen MR) is 160 cm³/mol. The molecule has 5 heteroatoms. The maximum absolute atomic E-state index is 12.0. The molecule has 4 nitrogen and oxygen atoms in total. The Kier molecular flexibility index (Phi) is 6.72. The van der Waals surface area contributed by atoms with Crippen molar-refractivity contribution in [3.05, 3.63) is 85.9 Å². The lowest BCUT2D eigenvalue weighted by atomic mass is 9.78. The van der Waals surface area contributed by atoms with Gasteiger partial charge in [-0.15, -0.1) is 0 Å². The second-order valence-electron chi connectivity index (χ2n) is 12.0. The van der Waals surface area contributed by atoms with Crippen molar-refractivity contribution in [1.29, 1.82) is 0 Å². The molecule has 0 saturated carbocycles. The zero-order chi connectivity index (χ0) is 26.5. The topological polar surface area (TPSA) is 46.9 Å². The molecule has 0 spiro atoms. The molecule has 204 valence electrons. The van der Waals surface area contributed by atoms with E-state index in [0.29, 0.717) is 10.8 Å². The highest BCUT2D eigenvalue weighted by Gasteiger charge is 2.33. The first-order valence-electron chi connectivity index (χ1n) is 15.0. The fraction of sp³-hybridized carbons (Fsp3) is 0.471. The van der Waals surface area contributed by atoms with Crippen molar-refractivity contribution in [2.75, 3.05) is 36.0 Å². The Hall–Kier alpha value is -2.69. The van der Waals surface area contributed by atoms with Gasteiger partial charge in [0.2, 0.25) is 0 Å². The van der Waals surface area contributed by atoms with Gasteiger partial charge in [0.05, 0.1) is 6.61 Å². The van der Waals surface area contributed by atoms with Crippen LogP contribution < -0.4 is 9.80 Å². The normalized spacial score (nSPS) is 19.1. The van der Waals surface area contributed by atoms with Crippen molar-refractivity contribution in [3.8, 4) is 5.75 Å². The first-order valence-corrected chi connectivity index (χ1v) is 15.4. The molecule has 3 aromatic carbocycles. The molecule has 3 aromatic rings. The van der Waals surface area contributed by atoms with Crippen molar-refractivity contribution >= 4 is 23.0 Å². The quantitative estimate of drug-likeness (QED) is 0.352. The van der Waals surface area contributed by atoms with Crippen molar-refractivity contribution in [3.63, 3.8) is 0 Å². The van der Waals surface area contributed by atoms with Gasteiger partial charge in [0.15, 0.2) is 0 Å². The zero-order valence-corrected chi connectivity index (χ0v) is 23.6. The molecule has 4 aliphatic rings. The summed E-state index contributed by atoms with van der Waals surface area (Å²) in [6.45, 7) is 4.40. The van der Waals surface area contributed by atoms with Crippen LogP contribution in [-0.4, -0.2) is 36.4 Å². The molecule has 7 rings (SSSR count). The number of phenols is 1. The minimum atomic E-state index is -0.189. The third-order valence-corrected chi connectivity index (χ3v) is 9.85. The van der Waals surface area contributed by atoms with E-state index in [4.69, 9.17) is 11.6 Å². The molecule has 1 unspecified atom stereocenters. The molecular formula is C34H39ClN2O2. The summed E-state index contributed by atoms with van der Waals surface area (Å²) < 4.78 is 0. The van der Waals surface area contributed by atoms with E-state index in [-0.39, 0.29) is 12.5 Å². The van der Waals surface area contributed by atoms with Gasteiger partial charge in [-0.1, -0.05) is 29.8 Å². The molecule has 0 aromatic heterocycles. The number of aryl methyl sites for hydroxylation is 3. The number of aromatic hydroxyl groups is 1. The molecule has 39 heavy (non-hydrogen) atoms. The first kappa shape index (κ1) is 25.3. The van der Waals surface area contributed by atoms with E-state index in [9.17, 15) is 10.2 Å². The Balaban J connectivity index is 1.48. The van der Waals surface area contributed by atoms with Gasteiger partial charge in [-0.25, -0.2) is 0 Å². The summed E-state index contributed by atoms with van der Waals surface area (Å²) in [4.78, 5) is 5.12. The van der Waals surface area contributed by atoms with Crippen molar-refractivity contribution in [2.45, 2.75) is 76.7 Å². The first-order chi connectivity index (χ1) is 19.1. The zero-order valence-electron chi connectivity index (χ0n) is 22.8. The van der Waals surface area contributed by atoms with Gasteiger partial charge in [0.1, 0.15) is 5.75 Å². The van der Waals surface area contributed by atoms with Crippen LogP contribution in [-0.2, 0) is 32.3 Å². The smallest absolute Gasteiger partial charge is 0.125 e. The molecular weight excluding hydrogens is 504 g/mol. The van der Waals surface area contributed by atoms with Crippen LogP contribution in [0.15, 0.2) is 36.4 Å². The lowest BCUT2D eigenvalue weighted by Gasteiger charge is -2.35. The van der Waals surface area contributed by atoms with E-state index < -0.39 is 0 Å². The Morgan fingerprint density at radius 2 is 1.31 bits per heavy atom. The van der Waals surface area contributed by atoms with Gasteiger partial charge in [-0.2, -0.15) is 0 Å². The van der Waals surface area contributed by atoms with Gasteiger partial charge < -0.3 is 20.0 Å². The van der Waals surface area contributed by atoms with Gasteiger partial charge >= 0.3 is 0 Å². The summed E-state index contributed by atoms with van der Waals surface area (Å²) in [5.41, 5.74) is 12.2. The molecule has 0 fully saturated rings. The highest BCUT2D eigenvalue weighted by molar-refractivity contribution is 6.30. The average molecular weight is 543 g/mol. The SMILES string of the molecule is OCc1ccc(Cl)cc1C(c1cc2c3c(c1)CCCN3CCCC2)c1cc2c3c(c1O)CCCN3CCCC2. The fourth-order valence-corrected chi connectivity index (χ4v) is 8.09. The van der Waals surface area contributed by atoms with Crippen LogP contribution >= 0.6 is 11.6 Å². The van der Waals surface area contributed by atoms with Gasteiger partial charge in [-0.3, -0.25) is 0 Å². The van der Waals surface area contributed by atoms with E-state index >= 15 is 0 Å². The number of halogens is 1. The molecule has 4 aliphatic heterocycles. The summed E-state index contributed by atoms with van der Waals surface area (Å²) >= 11 is 6.62. The number of rotatable bonds is 4. The highest BCUT2D eigenvalue weighted by atomic mass is 35.5. The second-order valence-corrected chi connectivity index (χ2v) is 12.5. The van der Waals surface area contributed by atoms with Crippen molar-refractivity contribution in [2.24, 2.45) is 0 Å². The van der Waals surface area contributed by atoms with Crippen LogP contribution in [0.5, 0.6) is 5.75 Å². The Bertz CT molecular complexity index is 1420. The maximum Gasteiger partial charge on any atom is 0.125 e. The van der Waals surface area contributed by atoms with E-state index in [1.165, 1.54) is 65.7 Å². The molecule has 4 heterocycles. The Morgan fingerprint density at radius 1 is 0.692 bits per heavy atom. The lowest BCUT2D eigenvalue weighted by molar-refractivity contribution is 0.280. The molecule has 2 N–H and O–H groups in total. The van der Waals surface area contributed by atoms with E-state index in [2.05, 4.69) is 28.0 Å². The van der Waals surface area contributed by atoms with Gasteiger partial charge in [0, 0.05) is 59.6 Å². The van der Waals surface area contributed by atoms with Crippen LogP contribution in [0, 0.1) is 0 Å². The number of benzene rings is 3. The Labute approximate surface area is 237 Å². The average Bonchev–Trinajstić information content (AvgIpc) is 3.29. The summed E-state index contributed by atoms with van der Waals surface area (Å²) in [6.07, 6.45) is 11.2. The van der Waals surface area contributed by atoms with E-state index in [1.807, 2.05) is 18.2 Å². The molecule has 0 saturated heterocycles. The largest absolute Gasteiger partial charge is 0.507 e. The van der Waals surface area contributed by atoms with Crippen LogP contribution in [0.3, 0.4) is 0 Å². The summed E-state index contributed by atoms with van der Waals surface area (Å²) in [5, 5.41) is 23.2. The molecule has 0 radical (unpaired) electrons. The third-order valence-electron chi connectivity index (χ3n) is 9.61. The number of aliphatic hydroxyl groups is 1. The summed E-state index contributed by atoms with van der Waals surface area (Å²) in [7, 11) is 0. The van der Waals surface area contributed by atoms with Crippen LogP contribution in [0.1, 0.15) is 89.0 Å². The third kappa shape index (κ3) is 4.40. The van der Waals surface area contributed by atoms with Gasteiger partial charge in [0.25, 0.3) is 0 Å². The number of anilines is 2. The predicted octanol–water partition coefficient (Wildman–Crippen LogP) is 6.90. The molecule has 0 amide bonds. The monoisotopic (exact) mass is 542 g/mol. The lowest BCUT2D eigenvalue weighted by Crippen LogP contribution is -2.30. The second kappa shape index (κ2) is 10.4. The number of aliphatic hydroxyl groups excluding tert-OH is 1. The van der Waals surface area contributed by atoms with Crippen molar-refractivity contribution < 1.29 is 10.2 Å². The minimum absolute atomic E-state index is 0.0546. The number of nitrogens with zero attached hydrogens (tertiary/aromatic N) is 2. The molecule has 0 aliphatic carbocycles.